The van der Waals surface area contributed by atoms with Crippen LogP contribution in [-0.2, 0) is 0 Å². The highest BCUT2D eigenvalue weighted by molar-refractivity contribution is 7.80. The van der Waals surface area contributed by atoms with E-state index in [-0.39, 0.29) is 16.7 Å². The summed E-state index contributed by atoms with van der Waals surface area (Å²) in [6.07, 6.45) is 0. The van der Waals surface area contributed by atoms with E-state index in [1.807, 2.05) is 30.1 Å². The summed E-state index contributed by atoms with van der Waals surface area (Å²) in [6.45, 7) is 0. The van der Waals surface area contributed by atoms with Gasteiger partial charge in [-0.1, -0.05) is 18.2 Å². The Bertz CT molecular complexity index is 937. The Labute approximate surface area is 155 Å². The normalized spacial score (nSPS) is 13.1. The van der Waals surface area contributed by atoms with Gasteiger partial charge < -0.3 is 9.64 Å². The average Bonchev–Trinajstić information content (AvgIpc) is 2.62. The number of benzene rings is 3. The molecule has 0 saturated carbocycles. The average molecular weight is 367 g/mol. The molecule has 3 aromatic carbocycles. The fourth-order valence-electron chi connectivity index (χ4n) is 3.34. The van der Waals surface area contributed by atoms with Crippen molar-refractivity contribution in [3.05, 3.63) is 89.5 Å². The third-order valence-electron chi connectivity index (χ3n) is 4.52. The fourth-order valence-corrected chi connectivity index (χ4v) is 3.69. The van der Waals surface area contributed by atoms with Crippen LogP contribution in [0.2, 0.25) is 0 Å². The highest BCUT2D eigenvalue weighted by Gasteiger charge is 2.33. The zero-order valence-electron chi connectivity index (χ0n) is 13.9. The van der Waals surface area contributed by atoms with Crippen LogP contribution in [0.25, 0.3) is 0 Å². The molecule has 1 heterocycles. The molecule has 0 bridgehead atoms. The molecule has 1 aliphatic heterocycles. The monoisotopic (exact) mass is 367 g/mol. The molecule has 4 rings (SSSR count). The maximum Gasteiger partial charge on any atom is 0.179 e. The van der Waals surface area contributed by atoms with Crippen LogP contribution in [0.4, 0.5) is 20.2 Å². The van der Waals surface area contributed by atoms with Crippen molar-refractivity contribution in [3.63, 3.8) is 0 Å². The minimum Gasteiger partial charge on any atom is -0.449 e. The highest BCUT2D eigenvalue weighted by Crippen LogP contribution is 2.46. The van der Waals surface area contributed by atoms with Crippen molar-refractivity contribution >= 4 is 28.6 Å². The van der Waals surface area contributed by atoms with Gasteiger partial charge in [-0.05, 0) is 71.9 Å². The molecule has 1 aliphatic rings. The second-order valence-corrected chi connectivity index (χ2v) is 6.53. The number of thiocarbonyl (C=S) groups is 1. The lowest BCUT2D eigenvalue weighted by Crippen LogP contribution is -2.28. The van der Waals surface area contributed by atoms with Gasteiger partial charge in [0.25, 0.3) is 0 Å². The Morgan fingerprint density at radius 1 is 0.885 bits per heavy atom. The molecule has 3 aromatic rings. The largest absolute Gasteiger partial charge is 0.449 e. The van der Waals surface area contributed by atoms with Crippen LogP contribution in [0.15, 0.2) is 66.7 Å². The van der Waals surface area contributed by atoms with E-state index in [2.05, 4.69) is 0 Å². The summed E-state index contributed by atoms with van der Waals surface area (Å²) >= 11 is 5.55. The molecule has 2 nitrogen and oxygen atoms in total. The van der Waals surface area contributed by atoms with Crippen LogP contribution in [0.5, 0.6) is 5.75 Å². The standard InChI is InChI=1S/C21H15F2NOS/c1-24-18-9-7-13(22)11-16(18)20(17-12-14(23)8-10-19(17)24)21(26)25-15-5-3-2-4-6-15/h2-12,20H,1H3. The van der Waals surface area contributed by atoms with E-state index in [0.717, 1.165) is 11.4 Å². The van der Waals surface area contributed by atoms with E-state index < -0.39 is 5.92 Å². The predicted octanol–water partition coefficient (Wildman–Crippen LogP) is 5.58. The molecule has 0 radical (unpaired) electrons. The zero-order valence-corrected chi connectivity index (χ0v) is 14.8. The zero-order chi connectivity index (χ0) is 18.3. The van der Waals surface area contributed by atoms with E-state index in [0.29, 0.717) is 16.9 Å². The fraction of sp³-hybridized carbons (Fsp3) is 0.0952. The van der Waals surface area contributed by atoms with E-state index >= 15 is 0 Å². The van der Waals surface area contributed by atoms with Crippen molar-refractivity contribution in [2.24, 2.45) is 0 Å². The van der Waals surface area contributed by atoms with Gasteiger partial charge in [-0.2, -0.15) is 0 Å². The van der Waals surface area contributed by atoms with Crippen LogP contribution >= 0.6 is 12.2 Å². The maximum absolute atomic E-state index is 14.0. The highest BCUT2D eigenvalue weighted by atomic mass is 32.1. The number of ether oxygens (including phenoxy) is 1. The van der Waals surface area contributed by atoms with Gasteiger partial charge in [0.2, 0.25) is 0 Å². The van der Waals surface area contributed by atoms with Crippen LogP contribution in [0.3, 0.4) is 0 Å². The smallest absolute Gasteiger partial charge is 0.179 e. The summed E-state index contributed by atoms with van der Waals surface area (Å²) in [5, 5.41) is 0.253. The number of anilines is 2. The predicted molar refractivity (Wildman–Crippen MR) is 102 cm³/mol. The van der Waals surface area contributed by atoms with Gasteiger partial charge in [0.15, 0.2) is 5.05 Å². The van der Waals surface area contributed by atoms with Gasteiger partial charge in [-0.25, -0.2) is 8.78 Å². The lowest BCUT2D eigenvalue weighted by atomic mass is 9.85. The first-order valence-electron chi connectivity index (χ1n) is 8.14. The molecule has 0 amide bonds. The van der Waals surface area contributed by atoms with Crippen molar-refractivity contribution in [2.75, 3.05) is 11.9 Å². The van der Waals surface area contributed by atoms with Gasteiger partial charge in [0.1, 0.15) is 17.4 Å². The summed E-state index contributed by atoms with van der Waals surface area (Å²) in [5.74, 6) is -0.695. The minimum absolute atomic E-state index is 0.253. The topological polar surface area (TPSA) is 12.5 Å². The van der Waals surface area contributed by atoms with Crippen LogP contribution in [-0.4, -0.2) is 12.1 Å². The van der Waals surface area contributed by atoms with Crippen molar-refractivity contribution in [1.29, 1.82) is 0 Å². The molecule has 130 valence electrons. The summed E-state index contributed by atoms with van der Waals surface area (Å²) in [6, 6.07) is 18.2. The number of nitrogens with zero attached hydrogens (tertiary/aromatic N) is 1. The molecule has 0 fully saturated rings. The van der Waals surface area contributed by atoms with E-state index in [4.69, 9.17) is 17.0 Å². The number of para-hydroxylation sites is 1. The van der Waals surface area contributed by atoms with Crippen molar-refractivity contribution in [3.8, 4) is 5.75 Å². The number of halogens is 2. The quantitative estimate of drug-likeness (QED) is 0.548. The van der Waals surface area contributed by atoms with E-state index in [1.165, 1.54) is 24.3 Å². The molecule has 26 heavy (non-hydrogen) atoms. The van der Waals surface area contributed by atoms with E-state index in [9.17, 15) is 8.78 Å². The first-order chi connectivity index (χ1) is 12.5. The second kappa shape index (κ2) is 6.50. The summed E-state index contributed by atoms with van der Waals surface area (Å²) in [7, 11) is 1.87. The van der Waals surface area contributed by atoms with Crippen LogP contribution < -0.4 is 9.64 Å². The summed E-state index contributed by atoms with van der Waals surface area (Å²) in [4.78, 5) is 1.91. The van der Waals surface area contributed by atoms with Crippen LogP contribution in [0.1, 0.15) is 17.0 Å². The number of fused-ring (bicyclic) bond motifs is 2. The van der Waals surface area contributed by atoms with Gasteiger partial charge in [-0.3, -0.25) is 0 Å². The van der Waals surface area contributed by atoms with Crippen molar-refractivity contribution in [2.45, 2.75) is 5.92 Å². The van der Waals surface area contributed by atoms with Gasteiger partial charge in [0, 0.05) is 18.4 Å². The second-order valence-electron chi connectivity index (χ2n) is 6.13. The molecule has 0 unspecified atom stereocenters. The minimum atomic E-state index is -0.544. The molecule has 0 saturated heterocycles. The van der Waals surface area contributed by atoms with Gasteiger partial charge in [0.05, 0.1) is 5.92 Å². The first kappa shape index (κ1) is 16.7. The first-order valence-corrected chi connectivity index (χ1v) is 8.55. The Kier molecular flexibility index (Phi) is 4.17. The Morgan fingerprint density at radius 3 is 1.96 bits per heavy atom. The SMILES string of the molecule is CN1c2ccc(F)cc2C(C(=S)Oc2ccccc2)c2cc(F)ccc21. The molecular formula is C21H15F2NOS. The number of hydrogen-bond donors (Lipinski definition) is 0. The maximum atomic E-state index is 14.0. The van der Waals surface area contributed by atoms with Gasteiger partial charge in [-0.15, -0.1) is 0 Å². The Balaban J connectivity index is 1.85. The lowest BCUT2D eigenvalue weighted by molar-refractivity contribution is 0.541. The Hall–Kier alpha value is -2.79. The lowest BCUT2D eigenvalue weighted by Gasteiger charge is -2.35. The molecule has 0 N–H and O–H groups in total. The number of rotatable bonds is 2. The number of hydrogen-bond acceptors (Lipinski definition) is 3. The molecule has 0 aliphatic carbocycles. The van der Waals surface area contributed by atoms with Gasteiger partial charge >= 0.3 is 0 Å². The summed E-state index contributed by atoms with van der Waals surface area (Å²) < 4.78 is 33.8. The van der Waals surface area contributed by atoms with Crippen molar-refractivity contribution < 1.29 is 13.5 Å². The molecule has 0 aromatic heterocycles. The van der Waals surface area contributed by atoms with E-state index in [1.54, 1.807) is 24.3 Å². The van der Waals surface area contributed by atoms with Crippen LogP contribution in [0, 0.1) is 11.6 Å². The molecular weight excluding hydrogens is 352 g/mol. The third kappa shape index (κ3) is 2.84. The third-order valence-corrected chi connectivity index (χ3v) is 4.84. The molecule has 0 atom stereocenters. The molecule has 5 heteroatoms. The molecule has 0 spiro atoms. The Morgan fingerprint density at radius 2 is 1.42 bits per heavy atom. The summed E-state index contributed by atoms with van der Waals surface area (Å²) in [5.41, 5.74) is 2.95. The van der Waals surface area contributed by atoms with Crippen molar-refractivity contribution in [1.82, 2.24) is 0 Å².